The number of rotatable bonds is 6. The lowest BCUT2D eigenvalue weighted by Crippen LogP contribution is -2.26. The molecule has 0 amide bonds. The summed E-state index contributed by atoms with van der Waals surface area (Å²) in [6.07, 6.45) is 6.04. The first-order chi connectivity index (χ1) is 10.6. The molecule has 118 valence electrons. The second kappa shape index (κ2) is 9.75. The molecule has 7 heteroatoms. The van der Waals surface area contributed by atoms with Crippen molar-refractivity contribution in [1.29, 1.82) is 0 Å². The van der Waals surface area contributed by atoms with Gasteiger partial charge in [-0.05, 0) is 36.1 Å². The van der Waals surface area contributed by atoms with Crippen molar-refractivity contribution >= 4 is 28.8 Å². The van der Waals surface area contributed by atoms with Crippen molar-refractivity contribution in [3.63, 3.8) is 0 Å². The van der Waals surface area contributed by atoms with E-state index in [-0.39, 0.29) is 12.4 Å². The monoisotopic (exact) mass is 321 g/mol. The van der Waals surface area contributed by atoms with Crippen LogP contribution in [-0.2, 0) is 0 Å². The van der Waals surface area contributed by atoms with Gasteiger partial charge in [0.2, 0.25) is 0 Å². The molecule has 0 radical (unpaired) electrons. The number of aliphatic imine (C=N–C) groups is 2. The van der Waals surface area contributed by atoms with Gasteiger partial charge < -0.3 is 11.2 Å². The minimum Gasteiger partial charge on any atom is -0.397 e. The maximum atomic E-state index is 12.9. The van der Waals surface area contributed by atoms with E-state index in [0.717, 1.165) is 0 Å². The van der Waals surface area contributed by atoms with Crippen LogP contribution in [0.2, 0.25) is 0 Å². The summed E-state index contributed by atoms with van der Waals surface area (Å²) in [5.41, 5.74) is 10.2. The molecular formula is C15H20FN5S. The number of nitrogens with two attached hydrogens (primary N) is 2. The highest BCUT2D eigenvalue weighted by atomic mass is 32.2. The van der Waals surface area contributed by atoms with Gasteiger partial charge in [-0.15, -0.1) is 6.58 Å². The van der Waals surface area contributed by atoms with Crippen LogP contribution < -0.4 is 17.0 Å². The molecule has 5 nitrogen and oxygen atoms in total. The molecule has 22 heavy (non-hydrogen) atoms. The number of nitrogens with zero attached hydrogens (tertiary/aromatic N) is 2. The second-order valence-corrected chi connectivity index (χ2v) is 4.96. The number of nitrogens with one attached hydrogen (secondary N) is 1. The van der Waals surface area contributed by atoms with Gasteiger partial charge in [0, 0.05) is 12.6 Å². The summed E-state index contributed by atoms with van der Waals surface area (Å²) in [7, 11) is 0. The van der Waals surface area contributed by atoms with E-state index in [0.29, 0.717) is 28.5 Å². The molecule has 0 unspecified atom stereocenters. The molecule has 0 spiro atoms. The number of amidine groups is 1. The number of hydrogen-bond acceptors (Lipinski definition) is 5. The van der Waals surface area contributed by atoms with Crippen LogP contribution in [-0.4, -0.2) is 24.2 Å². The summed E-state index contributed by atoms with van der Waals surface area (Å²) in [5.74, 6) is 5.18. The van der Waals surface area contributed by atoms with E-state index in [4.69, 9.17) is 11.6 Å². The molecule has 0 heterocycles. The Hall–Kier alpha value is -2.12. The number of thioether (sulfide) groups is 1. The van der Waals surface area contributed by atoms with Crippen LogP contribution >= 0.6 is 11.8 Å². The fraction of sp³-hybridized carbons (Fsp3) is 0.200. The Morgan fingerprint density at radius 3 is 2.64 bits per heavy atom. The second-order valence-electron chi connectivity index (χ2n) is 4.18. The van der Waals surface area contributed by atoms with E-state index in [2.05, 4.69) is 22.0 Å². The zero-order valence-corrected chi connectivity index (χ0v) is 13.2. The van der Waals surface area contributed by atoms with Crippen molar-refractivity contribution in [1.82, 2.24) is 5.43 Å². The van der Waals surface area contributed by atoms with E-state index in [9.17, 15) is 4.39 Å². The Morgan fingerprint density at radius 2 is 2.09 bits per heavy atom. The van der Waals surface area contributed by atoms with Crippen LogP contribution in [0.4, 0.5) is 4.39 Å². The minimum absolute atomic E-state index is 0.251. The van der Waals surface area contributed by atoms with Gasteiger partial charge in [-0.3, -0.25) is 10.8 Å². The van der Waals surface area contributed by atoms with Gasteiger partial charge in [0.15, 0.2) is 5.17 Å². The normalized spacial score (nSPS) is 13.1. The summed E-state index contributed by atoms with van der Waals surface area (Å²) >= 11 is 1.42. The van der Waals surface area contributed by atoms with Gasteiger partial charge in [0.05, 0.1) is 17.9 Å². The molecule has 0 saturated heterocycles. The lowest BCUT2D eigenvalue weighted by molar-refractivity contribution is 0.627. The minimum atomic E-state index is -0.321. The number of allylic oxidation sites excluding steroid dienone is 1. The fourth-order valence-electron chi connectivity index (χ4n) is 1.52. The third kappa shape index (κ3) is 5.71. The Balaban J connectivity index is 2.92. The summed E-state index contributed by atoms with van der Waals surface area (Å²) in [4.78, 5) is 8.56. The van der Waals surface area contributed by atoms with Gasteiger partial charge in [0.25, 0.3) is 0 Å². The Bertz CT molecular complexity index is 578. The molecule has 0 fully saturated rings. The highest BCUT2D eigenvalue weighted by molar-refractivity contribution is 8.13. The average Bonchev–Trinajstić information content (AvgIpc) is 2.54. The van der Waals surface area contributed by atoms with Crippen molar-refractivity contribution in [2.45, 2.75) is 6.42 Å². The van der Waals surface area contributed by atoms with E-state index < -0.39 is 0 Å². The molecule has 0 aromatic heterocycles. The quantitative estimate of drug-likeness (QED) is 0.246. The molecule has 0 saturated carbocycles. The molecule has 0 bridgehead atoms. The molecule has 1 aromatic rings. The first-order valence-electron chi connectivity index (χ1n) is 6.55. The molecule has 1 aromatic carbocycles. The van der Waals surface area contributed by atoms with Gasteiger partial charge >= 0.3 is 0 Å². The maximum Gasteiger partial charge on any atom is 0.182 e. The summed E-state index contributed by atoms with van der Waals surface area (Å²) < 4.78 is 12.9. The zero-order valence-electron chi connectivity index (χ0n) is 12.4. The topological polar surface area (TPSA) is 88.8 Å². The van der Waals surface area contributed by atoms with Crippen LogP contribution in [0.3, 0.4) is 0 Å². The maximum absolute atomic E-state index is 12.9. The molecule has 0 atom stereocenters. The number of halogens is 1. The van der Waals surface area contributed by atoms with Gasteiger partial charge in [-0.25, -0.2) is 9.38 Å². The number of hydrogen-bond donors (Lipinski definition) is 3. The van der Waals surface area contributed by atoms with E-state index >= 15 is 0 Å². The number of hydrazine groups is 1. The van der Waals surface area contributed by atoms with Crippen molar-refractivity contribution in [2.75, 3.05) is 12.8 Å². The summed E-state index contributed by atoms with van der Waals surface area (Å²) in [5, 5.41) is 0.613. The van der Waals surface area contributed by atoms with Gasteiger partial charge in [0.1, 0.15) is 5.82 Å². The zero-order chi connectivity index (χ0) is 16.4. The van der Waals surface area contributed by atoms with Crippen LogP contribution in [0.5, 0.6) is 0 Å². The SMILES string of the molecule is C=CC/C=N\C(=NC/C(NN)=C(/N)c1ccc(F)cc1)SC. The highest BCUT2D eigenvalue weighted by Gasteiger charge is 2.05. The molecule has 0 aliphatic carbocycles. The molecular weight excluding hydrogens is 301 g/mol. The first-order valence-corrected chi connectivity index (χ1v) is 7.77. The van der Waals surface area contributed by atoms with E-state index in [1.165, 1.54) is 23.9 Å². The molecule has 1 rings (SSSR count). The third-order valence-corrected chi connectivity index (χ3v) is 3.28. The molecule has 0 aliphatic rings. The predicted molar refractivity (Wildman–Crippen MR) is 94.0 cm³/mol. The third-order valence-electron chi connectivity index (χ3n) is 2.68. The Morgan fingerprint density at radius 1 is 1.41 bits per heavy atom. The highest BCUT2D eigenvalue weighted by Crippen LogP contribution is 2.13. The predicted octanol–water partition coefficient (Wildman–Crippen LogP) is 2.28. The standard InChI is InChI=1S/C15H20FN5S/c1-3-4-9-19-15(22-2)20-10-13(21-18)14(17)11-5-7-12(16)8-6-11/h3,5-9,21H,1,4,10,17-18H2,2H3/b14-13-,19-9-,20-15?. The Kier molecular flexibility index (Phi) is 7.95. The molecule has 5 N–H and O–H groups in total. The van der Waals surface area contributed by atoms with Gasteiger partial charge in [-0.2, -0.15) is 0 Å². The van der Waals surface area contributed by atoms with Crippen LogP contribution in [0, 0.1) is 5.82 Å². The van der Waals surface area contributed by atoms with Crippen LogP contribution in [0.1, 0.15) is 12.0 Å². The van der Waals surface area contributed by atoms with Crippen molar-refractivity contribution < 1.29 is 4.39 Å². The largest absolute Gasteiger partial charge is 0.397 e. The average molecular weight is 321 g/mol. The van der Waals surface area contributed by atoms with Crippen molar-refractivity contribution in [2.24, 2.45) is 21.6 Å². The Labute approximate surface area is 134 Å². The van der Waals surface area contributed by atoms with Crippen LogP contribution in [0.25, 0.3) is 5.70 Å². The fourth-order valence-corrected chi connectivity index (χ4v) is 1.90. The van der Waals surface area contributed by atoms with Crippen molar-refractivity contribution in [3.8, 4) is 0 Å². The molecule has 0 aliphatic heterocycles. The van der Waals surface area contributed by atoms with Crippen LogP contribution in [0.15, 0.2) is 52.6 Å². The number of benzene rings is 1. The van der Waals surface area contributed by atoms with E-state index in [1.807, 2.05) is 6.26 Å². The van der Waals surface area contributed by atoms with E-state index in [1.54, 1.807) is 24.4 Å². The van der Waals surface area contributed by atoms with Gasteiger partial charge in [-0.1, -0.05) is 17.8 Å². The lowest BCUT2D eigenvalue weighted by atomic mass is 10.1. The summed E-state index contributed by atoms with van der Waals surface area (Å²) in [6.45, 7) is 3.87. The summed E-state index contributed by atoms with van der Waals surface area (Å²) in [6, 6.07) is 5.85. The first kappa shape index (κ1) is 17.9. The van der Waals surface area contributed by atoms with Crippen molar-refractivity contribution in [3.05, 3.63) is 54.0 Å². The lowest BCUT2D eigenvalue weighted by Gasteiger charge is -2.10. The smallest absolute Gasteiger partial charge is 0.182 e.